The van der Waals surface area contributed by atoms with Gasteiger partial charge in [0.1, 0.15) is 5.82 Å². The number of aromatic amines is 1. The fraction of sp³-hybridized carbons (Fsp3) is 0.400. The molecule has 1 aliphatic rings. The molecule has 0 fully saturated rings. The molecule has 2 amide bonds. The van der Waals surface area contributed by atoms with Crippen molar-refractivity contribution in [2.24, 2.45) is 5.92 Å². The van der Waals surface area contributed by atoms with E-state index in [0.29, 0.717) is 35.5 Å². The van der Waals surface area contributed by atoms with Crippen molar-refractivity contribution in [3.63, 3.8) is 0 Å². The van der Waals surface area contributed by atoms with Crippen LogP contribution in [0, 0.1) is 5.92 Å². The Morgan fingerprint density at radius 1 is 1.34 bits per heavy atom. The molecule has 2 heterocycles. The highest BCUT2D eigenvalue weighted by Crippen LogP contribution is 2.23. The Labute approximate surface area is 175 Å². The maximum atomic E-state index is 12.2. The van der Waals surface area contributed by atoms with Crippen LogP contribution in [0.3, 0.4) is 0 Å². The molecule has 156 valence electrons. The average molecular weight is 419 g/mol. The molecule has 3 rings (SSSR count). The molecule has 29 heavy (non-hydrogen) atoms. The summed E-state index contributed by atoms with van der Waals surface area (Å²) in [5, 5.41) is 10.7. The number of allylic oxidation sites excluding steroid dienone is 4. The summed E-state index contributed by atoms with van der Waals surface area (Å²) in [4.78, 5) is 29.8. The Bertz CT molecular complexity index is 919. The number of carbonyl (C=O) groups is 2. The first kappa shape index (κ1) is 22.4. The summed E-state index contributed by atoms with van der Waals surface area (Å²) in [5.74, 6) is -0.678. The lowest BCUT2D eigenvalue weighted by Gasteiger charge is -2.22. The van der Waals surface area contributed by atoms with Crippen LogP contribution in [0.4, 0.5) is 11.5 Å². The maximum Gasteiger partial charge on any atom is 0.314 e. The highest BCUT2D eigenvalue weighted by Gasteiger charge is 2.22. The number of anilines is 2. The molecule has 0 aliphatic heterocycles. The number of nitrogens with one attached hydrogen (secondary N) is 2. The van der Waals surface area contributed by atoms with Crippen LogP contribution < -0.4 is 11.1 Å². The van der Waals surface area contributed by atoms with Crippen LogP contribution in [0.2, 0.25) is 0 Å². The molecule has 9 heteroatoms. The fourth-order valence-electron chi connectivity index (χ4n) is 2.75. The summed E-state index contributed by atoms with van der Waals surface area (Å²) in [7, 11) is 0. The standard InChI is InChI=1S/C14H20N6O2.C6H7Cl/c1-4-20(7-8(2)3)14(22)13(21)18-10-6-16-12(15)9-5-17-19-11(9)10;7-6-4-2-1-3-5-6/h5-6,8H,4,7H2,1-3H3,(H2,15,16)(H,17,19)(H,18,21);2,4-5H,1,3H2. The summed E-state index contributed by atoms with van der Waals surface area (Å²) < 4.78 is 0. The van der Waals surface area contributed by atoms with Crippen molar-refractivity contribution < 1.29 is 9.59 Å². The zero-order valence-electron chi connectivity index (χ0n) is 16.9. The van der Waals surface area contributed by atoms with E-state index in [0.717, 1.165) is 17.9 Å². The monoisotopic (exact) mass is 418 g/mol. The minimum absolute atomic E-state index is 0.286. The number of nitrogens with zero attached hydrogens (tertiary/aromatic N) is 3. The van der Waals surface area contributed by atoms with E-state index >= 15 is 0 Å². The average Bonchev–Trinajstić information content (AvgIpc) is 3.19. The van der Waals surface area contributed by atoms with Crippen LogP contribution in [0.25, 0.3) is 10.9 Å². The number of hydrogen-bond donors (Lipinski definition) is 3. The third-order valence-electron chi connectivity index (χ3n) is 4.16. The van der Waals surface area contributed by atoms with Crippen molar-refractivity contribution in [2.75, 3.05) is 24.1 Å². The Kier molecular flexibility index (Phi) is 8.21. The van der Waals surface area contributed by atoms with Gasteiger partial charge in [0.15, 0.2) is 0 Å². The van der Waals surface area contributed by atoms with Crippen molar-refractivity contribution in [3.8, 4) is 0 Å². The van der Waals surface area contributed by atoms with Gasteiger partial charge in [-0.3, -0.25) is 14.7 Å². The summed E-state index contributed by atoms with van der Waals surface area (Å²) >= 11 is 5.59. The van der Waals surface area contributed by atoms with E-state index in [1.165, 1.54) is 17.3 Å². The molecule has 0 aromatic carbocycles. The number of amides is 2. The van der Waals surface area contributed by atoms with E-state index in [9.17, 15) is 9.59 Å². The molecule has 0 unspecified atom stereocenters. The lowest BCUT2D eigenvalue weighted by Crippen LogP contribution is -2.41. The SMILES string of the molecule is CCN(CC(C)C)C(=O)C(=O)Nc1cnc(N)c2cn[nH]c12.ClC1=CCCC=C1. The predicted molar refractivity (Wildman–Crippen MR) is 116 cm³/mol. The van der Waals surface area contributed by atoms with Crippen molar-refractivity contribution >= 4 is 45.8 Å². The van der Waals surface area contributed by atoms with E-state index in [1.807, 2.05) is 32.9 Å². The number of hydrogen-bond acceptors (Lipinski definition) is 5. The van der Waals surface area contributed by atoms with Crippen molar-refractivity contribution in [2.45, 2.75) is 33.6 Å². The Morgan fingerprint density at radius 3 is 2.66 bits per heavy atom. The second-order valence-corrected chi connectivity index (χ2v) is 7.41. The smallest absolute Gasteiger partial charge is 0.314 e. The molecule has 0 saturated heterocycles. The van der Waals surface area contributed by atoms with E-state index < -0.39 is 11.8 Å². The van der Waals surface area contributed by atoms with Crippen LogP contribution in [0.5, 0.6) is 0 Å². The van der Waals surface area contributed by atoms with Gasteiger partial charge in [-0.05, 0) is 31.8 Å². The molecule has 0 spiro atoms. The summed E-state index contributed by atoms with van der Waals surface area (Å²) in [6, 6.07) is 0. The number of fused-ring (bicyclic) bond motifs is 1. The normalized spacial score (nSPS) is 12.9. The molecule has 0 atom stereocenters. The molecule has 0 saturated carbocycles. The van der Waals surface area contributed by atoms with Crippen LogP contribution in [0.1, 0.15) is 33.6 Å². The number of nitrogens with two attached hydrogens (primary N) is 1. The number of rotatable bonds is 4. The molecule has 0 radical (unpaired) electrons. The number of aromatic nitrogens is 3. The van der Waals surface area contributed by atoms with E-state index in [1.54, 1.807) is 0 Å². The molecule has 4 N–H and O–H groups in total. The minimum atomic E-state index is -0.704. The van der Waals surface area contributed by atoms with E-state index in [2.05, 4.69) is 26.6 Å². The second-order valence-electron chi connectivity index (χ2n) is 6.98. The maximum absolute atomic E-state index is 12.2. The number of nitrogen functional groups attached to an aromatic ring is 1. The predicted octanol–water partition coefficient (Wildman–Crippen LogP) is 3.44. The molecular formula is C20H27ClN6O2. The number of pyridine rings is 1. The van der Waals surface area contributed by atoms with Gasteiger partial charge in [0.05, 0.1) is 29.0 Å². The second kappa shape index (κ2) is 10.6. The molecule has 0 bridgehead atoms. The molecule has 2 aromatic heterocycles. The van der Waals surface area contributed by atoms with Gasteiger partial charge in [-0.15, -0.1) is 0 Å². The van der Waals surface area contributed by atoms with Crippen molar-refractivity contribution in [1.29, 1.82) is 0 Å². The number of carbonyl (C=O) groups excluding carboxylic acids is 2. The van der Waals surface area contributed by atoms with Crippen LogP contribution in [-0.4, -0.2) is 45.0 Å². The summed E-state index contributed by atoms with van der Waals surface area (Å²) in [6.07, 6.45) is 11.2. The Balaban J connectivity index is 0.000000360. The van der Waals surface area contributed by atoms with Crippen LogP contribution >= 0.6 is 11.6 Å². The lowest BCUT2D eigenvalue weighted by atomic mass is 10.2. The highest BCUT2D eigenvalue weighted by molar-refractivity contribution is 6.40. The fourth-order valence-corrected chi connectivity index (χ4v) is 2.94. The van der Waals surface area contributed by atoms with Gasteiger partial charge >= 0.3 is 11.8 Å². The summed E-state index contributed by atoms with van der Waals surface area (Å²) in [6.45, 7) is 6.83. The van der Waals surface area contributed by atoms with Gasteiger partial charge in [0.2, 0.25) is 0 Å². The molecule has 1 aliphatic carbocycles. The zero-order valence-corrected chi connectivity index (χ0v) is 17.7. The molecule has 2 aromatic rings. The van der Waals surface area contributed by atoms with E-state index in [-0.39, 0.29) is 5.92 Å². The lowest BCUT2D eigenvalue weighted by molar-refractivity contribution is -0.143. The van der Waals surface area contributed by atoms with Crippen molar-refractivity contribution in [1.82, 2.24) is 20.1 Å². The highest BCUT2D eigenvalue weighted by atomic mass is 35.5. The Morgan fingerprint density at radius 2 is 2.10 bits per heavy atom. The van der Waals surface area contributed by atoms with Gasteiger partial charge in [0.25, 0.3) is 0 Å². The quantitative estimate of drug-likeness (QED) is 0.657. The van der Waals surface area contributed by atoms with Crippen LogP contribution in [-0.2, 0) is 9.59 Å². The minimum Gasteiger partial charge on any atom is -0.383 e. The first-order valence-corrected chi connectivity index (χ1v) is 9.91. The number of likely N-dealkylation sites (N-methyl/N-ethyl adjacent to an activating group) is 1. The Hall–Kier alpha value is -2.87. The van der Waals surface area contributed by atoms with Gasteiger partial charge in [-0.25, -0.2) is 4.98 Å². The first-order valence-electron chi connectivity index (χ1n) is 9.53. The van der Waals surface area contributed by atoms with Crippen LogP contribution in [0.15, 0.2) is 35.7 Å². The zero-order chi connectivity index (χ0) is 21.4. The van der Waals surface area contributed by atoms with Gasteiger partial charge in [-0.1, -0.05) is 37.6 Å². The first-order chi connectivity index (χ1) is 13.8. The third-order valence-corrected chi connectivity index (χ3v) is 4.44. The molecule has 8 nitrogen and oxygen atoms in total. The van der Waals surface area contributed by atoms with Gasteiger partial charge < -0.3 is 16.0 Å². The number of halogens is 1. The van der Waals surface area contributed by atoms with Crippen molar-refractivity contribution in [3.05, 3.63) is 35.7 Å². The molecular weight excluding hydrogens is 392 g/mol. The van der Waals surface area contributed by atoms with E-state index in [4.69, 9.17) is 17.3 Å². The van der Waals surface area contributed by atoms with Gasteiger partial charge in [-0.2, -0.15) is 5.10 Å². The number of H-pyrrole nitrogens is 1. The largest absolute Gasteiger partial charge is 0.383 e. The summed E-state index contributed by atoms with van der Waals surface area (Å²) in [5.41, 5.74) is 6.64. The van der Waals surface area contributed by atoms with Gasteiger partial charge in [0, 0.05) is 18.1 Å². The third kappa shape index (κ3) is 6.32. The topological polar surface area (TPSA) is 117 Å².